The van der Waals surface area contributed by atoms with Gasteiger partial charge in [0.2, 0.25) is 0 Å². The average molecular weight is 226 g/mol. The molecule has 0 saturated heterocycles. The fourth-order valence-corrected chi connectivity index (χ4v) is 1.36. The van der Waals surface area contributed by atoms with Gasteiger partial charge in [-0.3, -0.25) is 4.79 Å². The van der Waals surface area contributed by atoms with Crippen LogP contribution >= 0.6 is 0 Å². The Kier molecular flexibility index (Phi) is 4.75. The van der Waals surface area contributed by atoms with Crippen LogP contribution in [0, 0.1) is 0 Å². The number of rotatable bonds is 6. The zero-order valence-corrected chi connectivity index (χ0v) is 8.67. The van der Waals surface area contributed by atoms with Crippen LogP contribution in [0.5, 0.6) is 5.75 Å². The van der Waals surface area contributed by atoms with Crippen LogP contribution < -0.4 is 4.74 Å². The second-order valence-electron chi connectivity index (χ2n) is 3.18. The Hall–Kier alpha value is -1.59. The van der Waals surface area contributed by atoms with Crippen LogP contribution in [0.25, 0.3) is 0 Å². The Morgan fingerprint density at radius 1 is 1.31 bits per heavy atom. The van der Waals surface area contributed by atoms with E-state index in [-0.39, 0.29) is 13.2 Å². The summed E-state index contributed by atoms with van der Waals surface area (Å²) in [5, 5.41) is 26.6. The molecular weight excluding hydrogens is 212 g/mol. The molecule has 0 bridgehead atoms. The molecule has 16 heavy (non-hydrogen) atoms. The lowest BCUT2D eigenvalue weighted by Crippen LogP contribution is -2.17. The van der Waals surface area contributed by atoms with Crippen molar-refractivity contribution in [2.45, 2.75) is 5.92 Å². The number of carboxylic acid groups (broad SMARTS) is 1. The Morgan fingerprint density at radius 2 is 2.00 bits per heavy atom. The Balaban J connectivity index is 2.96. The topological polar surface area (TPSA) is 87.0 Å². The second-order valence-corrected chi connectivity index (χ2v) is 3.18. The first-order valence-electron chi connectivity index (χ1n) is 4.87. The molecule has 0 spiro atoms. The first kappa shape index (κ1) is 12.5. The van der Waals surface area contributed by atoms with Crippen molar-refractivity contribution in [1.82, 2.24) is 0 Å². The minimum atomic E-state index is -1.11. The highest BCUT2D eigenvalue weighted by molar-refractivity contribution is 5.77. The molecule has 1 unspecified atom stereocenters. The quantitative estimate of drug-likeness (QED) is 0.645. The van der Waals surface area contributed by atoms with Crippen LogP contribution in [0.3, 0.4) is 0 Å². The molecule has 0 aliphatic carbocycles. The molecule has 5 heteroatoms. The summed E-state index contributed by atoms with van der Waals surface area (Å²) in [6.45, 7) is -0.547. The molecule has 0 aliphatic heterocycles. The standard InChI is InChI=1S/C11H14O5/c12-5-6-16-10-4-2-1-3-8(10)9(7-13)11(14)15/h1-4,9,12-13H,5-7H2,(H,14,15). The van der Waals surface area contributed by atoms with E-state index in [1.807, 2.05) is 0 Å². The maximum absolute atomic E-state index is 10.9. The van der Waals surface area contributed by atoms with Crippen molar-refractivity contribution < 1.29 is 24.9 Å². The number of hydrogen-bond donors (Lipinski definition) is 3. The van der Waals surface area contributed by atoms with Gasteiger partial charge in [-0.1, -0.05) is 18.2 Å². The molecule has 0 heterocycles. The lowest BCUT2D eigenvalue weighted by molar-refractivity contribution is -0.139. The molecule has 1 atom stereocenters. The highest BCUT2D eigenvalue weighted by Gasteiger charge is 2.22. The van der Waals surface area contributed by atoms with Gasteiger partial charge >= 0.3 is 5.97 Å². The monoisotopic (exact) mass is 226 g/mol. The number of carboxylic acids is 1. The first-order chi connectivity index (χ1) is 7.70. The number of aliphatic hydroxyl groups excluding tert-OH is 2. The third kappa shape index (κ3) is 2.95. The average Bonchev–Trinajstić information content (AvgIpc) is 2.28. The molecule has 0 radical (unpaired) electrons. The molecule has 3 N–H and O–H groups in total. The highest BCUT2D eigenvalue weighted by Crippen LogP contribution is 2.26. The molecular formula is C11H14O5. The van der Waals surface area contributed by atoms with Crippen LogP contribution in [-0.4, -0.2) is 41.1 Å². The van der Waals surface area contributed by atoms with E-state index < -0.39 is 18.5 Å². The van der Waals surface area contributed by atoms with Gasteiger partial charge in [0.15, 0.2) is 0 Å². The number of ether oxygens (including phenoxy) is 1. The number of hydrogen-bond acceptors (Lipinski definition) is 4. The minimum Gasteiger partial charge on any atom is -0.491 e. The van der Waals surface area contributed by atoms with Gasteiger partial charge in [0.1, 0.15) is 18.3 Å². The van der Waals surface area contributed by atoms with Gasteiger partial charge in [0.25, 0.3) is 0 Å². The van der Waals surface area contributed by atoms with Crippen molar-refractivity contribution in [2.75, 3.05) is 19.8 Å². The van der Waals surface area contributed by atoms with E-state index >= 15 is 0 Å². The summed E-state index contributed by atoms with van der Waals surface area (Å²) in [7, 11) is 0. The van der Waals surface area contributed by atoms with Crippen molar-refractivity contribution in [3.8, 4) is 5.75 Å². The van der Waals surface area contributed by atoms with Crippen molar-refractivity contribution in [1.29, 1.82) is 0 Å². The molecule has 1 aromatic carbocycles. The van der Waals surface area contributed by atoms with Gasteiger partial charge in [-0.2, -0.15) is 0 Å². The largest absolute Gasteiger partial charge is 0.491 e. The molecule has 0 saturated carbocycles. The van der Waals surface area contributed by atoms with E-state index in [0.717, 1.165) is 0 Å². The summed E-state index contributed by atoms with van der Waals surface area (Å²) in [5.74, 6) is -1.74. The van der Waals surface area contributed by atoms with Gasteiger partial charge in [0.05, 0.1) is 13.2 Å². The Morgan fingerprint density at radius 3 is 2.56 bits per heavy atom. The lowest BCUT2D eigenvalue weighted by atomic mass is 9.99. The SMILES string of the molecule is O=C(O)C(CO)c1ccccc1OCCO. The predicted octanol–water partition coefficient (Wildman–Crippen LogP) is 0.218. The smallest absolute Gasteiger partial charge is 0.313 e. The van der Waals surface area contributed by atoms with Gasteiger partial charge < -0.3 is 20.1 Å². The van der Waals surface area contributed by atoms with Crippen molar-refractivity contribution in [3.05, 3.63) is 29.8 Å². The minimum absolute atomic E-state index is 0.0920. The van der Waals surface area contributed by atoms with E-state index in [9.17, 15) is 4.79 Å². The third-order valence-corrected chi connectivity index (χ3v) is 2.12. The second kappa shape index (κ2) is 6.09. The van der Waals surface area contributed by atoms with Crippen molar-refractivity contribution in [3.63, 3.8) is 0 Å². The highest BCUT2D eigenvalue weighted by atomic mass is 16.5. The van der Waals surface area contributed by atoms with E-state index in [2.05, 4.69) is 0 Å². The molecule has 88 valence electrons. The number of aliphatic carboxylic acids is 1. The van der Waals surface area contributed by atoms with Gasteiger partial charge in [-0.25, -0.2) is 0 Å². The van der Waals surface area contributed by atoms with Crippen LogP contribution in [-0.2, 0) is 4.79 Å². The van der Waals surface area contributed by atoms with E-state index in [1.54, 1.807) is 24.3 Å². The molecule has 5 nitrogen and oxygen atoms in total. The zero-order chi connectivity index (χ0) is 12.0. The fourth-order valence-electron chi connectivity index (χ4n) is 1.36. The van der Waals surface area contributed by atoms with E-state index in [4.69, 9.17) is 20.1 Å². The molecule has 0 fully saturated rings. The van der Waals surface area contributed by atoms with Crippen molar-refractivity contribution in [2.24, 2.45) is 0 Å². The molecule has 1 aromatic rings. The van der Waals surface area contributed by atoms with Gasteiger partial charge in [0, 0.05) is 5.56 Å². The molecule has 0 aliphatic rings. The van der Waals surface area contributed by atoms with Gasteiger partial charge in [-0.05, 0) is 6.07 Å². The summed E-state index contributed by atoms with van der Waals surface area (Å²) in [5.41, 5.74) is 0.408. The summed E-state index contributed by atoms with van der Waals surface area (Å²) in [6, 6.07) is 6.57. The number of para-hydroxylation sites is 1. The number of carbonyl (C=O) groups is 1. The number of aliphatic hydroxyl groups is 2. The third-order valence-electron chi connectivity index (χ3n) is 2.12. The molecule has 0 amide bonds. The maximum atomic E-state index is 10.9. The Bertz CT molecular complexity index is 350. The van der Waals surface area contributed by atoms with Crippen molar-refractivity contribution >= 4 is 5.97 Å². The lowest BCUT2D eigenvalue weighted by Gasteiger charge is -2.14. The first-order valence-corrected chi connectivity index (χ1v) is 4.87. The van der Waals surface area contributed by atoms with Crippen LogP contribution in [0.1, 0.15) is 11.5 Å². The maximum Gasteiger partial charge on any atom is 0.313 e. The number of benzene rings is 1. The summed E-state index contributed by atoms with van der Waals surface area (Å²) in [4.78, 5) is 10.9. The molecule has 0 aromatic heterocycles. The van der Waals surface area contributed by atoms with Gasteiger partial charge in [-0.15, -0.1) is 0 Å². The normalized spacial score (nSPS) is 12.1. The molecule has 1 rings (SSSR count). The van der Waals surface area contributed by atoms with E-state index in [0.29, 0.717) is 11.3 Å². The summed E-state index contributed by atoms with van der Waals surface area (Å²) in [6.07, 6.45) is 0. The van der Waals surface area contributed by atoms with Crippen LogP contribution in [0.2, 0.25) is 0 Å². The fraction of sp³-hybridized carbons (Fsp3) is 0.364. The Labute approximate surface area is 92.9 Å². The van der Waals surface area contributed by atoms with Crippen LogP contribution in [0.4, 0.5) is 0 Å². The predicted molar refractivity (Wildman–Crippen MR) is 56.5 cm³/mol. The summed E-state index contributed by atoms with van der Waals surface area (Å²) < 4.78 is 5.19. The summed E-state index contributed by atoms with van der Waals surface area (Å²) >= 11 is 0. The van der Waals surface area contributed by atoms with E-state index in [1.165, 1.54) is 0 Å². The van der Waals surface area contributed by atoms with Crippen LogP contribution in [0.15, 0.2) is 24.3 Å². The zero-order valence-electron chi connectivity index (χ0n) is 8.67.